The lowest BCUT2D eigenvalue weighted by Crippen LogP contribution is -2.35. The highest BCUT2D eigenvalue weighted by atomic mass is 16.5. The molecule has 1 aromatic carbocycles. The maximum Gasteiger partial charge on any atom is 0.123 e. The van der Waals surface area contributed by atoms with E-state index in [4.69, 9.17) is 10.5 Å². The van der Waals surface area contributed by atoms with Crippen LogP contribution in [0.1, 0.15) is 39.7 Å². The quantitative estimate of drug-likeness (QED) is 0.705. The van der Waals surface area contributed by atoms with Crippen LogP contribution in [-0.4, -0.2) is 30.6 Å². The third-order valence-corrected chi connectivity index (χ3v) is 3.37. The Labute approximate surface area is 124 Å². The first-order valence-electron chi connectivity index (χ1n) is 7.69. The van der Waals surface area contributed by atoms with Crippen LogP contribution in [0, 0.1) is 5.92 Å². The number of nitrogens with two attached hydrogens (primary N) is 1. The number of ether oxygens (including phenoxy) is 1. The summed E-state index contributed by atoms with van der Waals surface area (Å²) in [7, 11) is 0. The van der Waals surface area contributed by atoms with Crippen molar-refractivity contribution in [2.75, 3.05) is 19.7 Å². The monoisotopic (exact) mass is 278 g/mol. The lowest BCUT2D eigenvalue weighted by atomic mass is 10.1. The summed E-state index contributed by atoms with van der Waals surface area (Å²) in [6, 6.07) is 8.60. The second-order valence-electron chi connectivity index (χ2n) is 6.00. The Morgan fingerprint density at radius 2 is 1.85 bits per heavy atom. The van der Waals surface area contributed by atoms with E-state index in [-0.39, 0.29) is 0 Å². The van der Waals surface area contributed by atoms with Gasteiger partial charge in [-0.2, -0.15) is 0 Å². The number of para-hydroxylation sites is 1. The van der Waals surface area contributed by atoms with Crippen LogP contribution in [0.25, 0.3) is 0 Å². The highest BCUT2D eigenvalue weighted by Gasteiger charge is 2.10. The zero-order valence-corrected chi connectivity index (χ0v) is 13.4. The molecule has 0 aliphatic heterocycles. The summed E-state index contributed by atoms with van der Waals surface area (Å²) in [6.07, 6.45) is 1.05. The Morgan fingerprint density at radius 3 is 2.45 bits per heavy atom. The molecule has 3 heteroatoms. The van der Waals surface area contributed by atoms with Gasteiger partial charge in [-0.05, 0) is 32.3 Å². The number of hydrogen-bond donors (Lipinski definition) is 1. The predicted molar refractivity (Wildman–Crippen MR) is 86.0 cm³/mol. The SMILES string of the molecule is CC(C)CN(CCCOc1ccccc1CN)C(C)C. The Balaban J connectivity index is 2.36. The molecule has 20 heavy (non-hydrogen) atoms. The van der Waals surface area contributed by atoms with Gasteiger partial charge in [0, 0.05) is 31.2 Å². The van der Waals surface area contributed by atoms with Crippen molar-refractivity contribution in [3.05, 3.63) is 29.8 Å². The Morgan fingerprint density at radius 1 is 1.15 bits per heavy atom. The lowest BCUT2D eigenvalue weighted by molar-refractivity contribution is 0.179. The van der Waals surface area contributed by atoms with Crippen molar-refractivity contribution < 1.29 is 4.74 Å². The fourth-order valence-corrected chi connectivity index (χ4v) is 2.29. The third kappa shape index (κ3) is 5.93. The van der Waals surface area contributed by atoms with E-state index in [1.807, 2.05) is 24.3 Å². The Kier molecular flexibility index (Phi) is 7.63. The van der Waals surface area contributed by atoms with Crippen LogP contribution >= 0.6 is 0 Å². The first-order valence-corrected chi connectivity index (χ1v) is 7.69. The van der Waals surface area contributed by atoms with Gasteiger partial charge in [0.1, 0.15) is 5.75 Å². The summed E-state index contributed by atoms with van der Waals surface area (Å²) in [4.78, 5) is 2.52. The molecule has 3 nitrogen and oxygen atoms in total. The van der Waals surface area contributed by atoms with E-state index < -0.39 is 0 Å². The molecular weight excluding hydrogens is 248 g/mol. The fraction of sp³-hybridized carbons (Fsp3) is 0.647. The second-order valence-corrected chi connectivity index (χ2v) is 6.00. The lowest BCUT2D eigenvalue weighted by Gasteiger charge is -2.28. The van der Waals surface area contributed by atoms with Crippen LogP contribution in [0.15, 0.2) is 24.3 Å². The molecule has 0 saturated heterocycles. The molecule has 0 amide bonds. The molecule has 0 bridgehead atoms. The van der Waals surface area contributed by atoms with Crippen molar-refractivity contribution in [2.45, 2.75) is 46.7 Å². The molecule has 0 saturated carbocycles. The van der Waals surface area contributed by atoms with E-state index >= 15 is 0 Å². The van der Waals surface area contributed by atoms with Crippen LogP contribution in [-0.2, 0) is 6.54 Å². The summed E-state index contributed by atoms with van der Waals surface area (Å²) in [5.74, 6) is 1.63. The van der Waals surface area contributed by atoms with Crippen molar-refractivity contribution >= 4 is 0 Å². The van der Waals surface area contributed by atoms with Crippen LogP contribution in [0.3, 0.4) is 0 Å². The molecule has 114 valence electrons. The third-order valence-electron chi connectivity index (χ3n) is 3.37. The van der Waals surface area contributed by atoms with Crippen LogP contribution < -0.4 is 10.5 Å². The van der Waals surface area contributed by atoms with Gasteiger partial charge in [0.25, 0.3) is 0 Å². The summed E-state index contributed by atoms with van der Waals surface area (Å²) in [6.45, 7) is 12.6. The van der Waals surface area contributed by atoms with Gasteiger partial charge in [0.15, 0.2) is 0 Å². The van der Waals surface area contributed by atoms with Gasteiger partial charge >= 0.3 is 0 Å². The van der Waals surface area contributed by atoms with Crippen LogP contribution in [0.5, 0.6) is 5.75 Å². The van der Waals surface area contributed by atoms with E-state index in [0.717, 1.165) is 37.4 Å². The van der Waals surface area contributed by atoms with Gasteiger partial charge in [-0.15, -0.1) is 0 Å². The van der Waals surface area contributed by atoms with Gasteiger partial charge < -0.3 is 15.4 Å². The molecule has 0 aromatic heterocycles. The van der Waals surface area contributed by atoms with Gasteiger partial charge in [-0.3, -0.25) is 0 Å². The summed E-state index contributed by atoms with van der Waals surface area (Å²) < 4.78 is 5.86. The van der Waals surface area contributed by atoms with Gasteiger partial charge in [0.05, 0.1) is 6.61 Å². The Bertz CT molecular complexity index is 377. The summed E-state index contributed by atoms with van der Waals surface area (Å²) in [5, 5.41) is 0. The highest BCUT2D eigenvalue weighted by molar-refractivity contribution is 5.32. The number of rotatable bonds is 9. The van der Waals surface area contributed by atoms with Crippen LogP contribution in [0.4, 0.5) is 0 Å². The molecule has 0 aliphatic carbocycles. The second kappa shape index (κ2) is 8.98. The maximum atomic E-state index is 5.86. The van der Waals surface area contributed by atoms with E-state index in [1.54, 1.807) is 0 Å². The molecule has 0 atom stereocenters. The molecule has 1 rings (SSSR count). The molecule has 0 heterocycles. The molecule has 1 aromatic rings. The normalized spacial score (nSPS) is 11.6. The molecule has 0 radical (unpaired) electrons. The average Bonchev–Trinajstić information content (AvgIpc) is 2.42. The molecular formula is C17H30N2O. The smallest absolute Gasteiger partial charge is 0.123 e. The standard InChI is InChI=1S/C17H30N2O/c1-14(2)13-19(15(3)4)10-7-11-20-17-9-6-5-8-16(17)12-18/h5-6,8-9,14-15H,7,10-13,18H2,1-4H3. The molecule has 0 fully saturated rings. The first kappa shape index (κ1) is 17.0. The molecule has 0 aliphatic rings. The van der Waals surface area contributed by atoms with Gasteiger partial charge in [-0.25, -0.2) is 0 Å². The van der Waals surface area contributed by atoms with Gasteiger partial charge in [-0.1, -0.05) is 32.0 Å². The number of nitrogens with zero attached hydrogens (tertiary/aromatic N) is 1. The van der Waals surface area contributed by atoms with Crippen molar-refractivity contribution in [3.8, 4) is 5.75 Å². The minimum atomic E-state index is 0.529. The van der Waals surface area contributed by atoms with Crippen molar-refractivity contribution in [2.24, 2.45) is 11.7 Å². The van der Waals surface area contributed by atoms with E-state index in [9.17, 15) is 0 Å². The van der Waals surface area contributed by atoms with E-state index in [1.165, 1.54) is 0 Å². The average molecular weight is 278 g/mol. The number of hydrogen-bond acceptors (Lipinski definition) is 3. The maximum absolute atomic E-state index is 5.86. The topological polar surface area (TPSA) is 38.5 Å². The van der Waals surface area contributed by atoms with Crippen LogP contribution in [0.2, 0.25) is 0 Å². The predicted octanol–water partition coefficient (Wildman–Crippen LogP) is 3.28. The van der Waals surface area contributed by atoms with Crippen molar-refractivity contribution in [1.82, 2.24) is 4.90 Å². The largest absolute Gasteiger partial charge is 0.493 e. The molecule has 0 spiro atoms. The van der Waals surface area contributed by atoms with Gasteiger partial charge in [0.2, 0.25) is 0 Å². The minimum Gasteiger partial charge on any atom is -0.493 e. The summed E-state index contributed by atoms with van der Waals surface area (Å²) in [5.41, 5.74) is 6.79. The Hall–Kier alpha value is -1.06. The van der Waals surface area contributed by atoms with Crippen molar-refractivity contribution in [1.29, 1.82) is 0 Å². The van der Waals surface area contributed by atoms with E-state index in [2.05, 4.69) is 32.6 Å². The molecule has 2 N–H and O–H groups in total. The molecule has 0 unspecified atom stereocenters. The van der Waals surface area contributed by atoms with Crippen molar-refractivity contribution in [3.63, 3.8) is 0 Å². The first-order chi connectivity index (χ1) is 9.54. The zero-order chi connectivity index (χ0) is 15.0. The highest BCUT2D eigenvalue weighted by Crippen LogP contribution is 2.17. The zero-order valence-electron chi connectivity index (χ0n) is 13.4. The minimum absolute atomic E-state index is 0.529. The number of benzene rings is 1. The summed E-state index contributed by atoms with van der Waals surface area (Å²) >= 11 is 0. The fourth-order valence-electron chi connectivity index (χ4n) is 2.29. The van der Waals surface area contributed by atoms with E-state index in [0.29, 0.717) is 18.5 Å².